The number of aromatic nitrogens is 4. The molecule has 0 bridgehead atoms. The Balaban J connectivity index is 1.34. The van der Waals surface area contributed by atoms with Gasteiger partial charge < -0.3 is 9.80 Å². The van der Waals surface area contributed by atoms with Gasteiger partial charge in [-0.1, -0.05) is 18.2 Å². The Hall–Kier alpha value is -2.96. The van der Waals surface area contributed by atoms with Crippen LogP contribution in [0.15, 0.2) is 30.6 Å². The number of hydrogen-bond acceptors (Lipinski definition) is 5. The van der Waals surface area contributed by atoms with E-state index in [0.29, 0.717) is 5.78 Å². The van der Waals surface area contributed by atoms with E-state index in [-0.39, 0.29) is 11.8 Å². The van der Waals surface area contributed by atoms with Crippen molar-refractivity contribution >= 4 is 23.2 Å². The average Bonchev–Trinajstić information content (AvgIpc) is 3.35. The van der Waals surface area contributed by atoms with Gasteiger partial charge in [0.25, 0.3) is 5.78 Å². The Labute approximate surface area is 164 Å². The van der Waals surface area contributed by atoms with Crippen molar-refractivity contribution in [2.45, 2.75) is 33.1 Å². The van der Waals surface area contributed by atoms with Gasteiger partial charge in [-0.05, 0) is 44.7 Å². The molecule has 0 unspecified atom stereocenters. The van der Waals surface area contributed by atoms with Gasteiger partial charge in [0.1, 0.15) is 12.1 Å². The van der Waals surface area contributed by atoms with Crippen molar-refractivity contribution < 1.29 is 4.79 Å². The molecule has 2 aliphatic rings. The maximum Gasteiger partial charge on any atom is 0.254 e. The van der Waals surface area contributed by atoms with Crippen molar-refractivity contribution in [2.24, 2.45) is 5.92 Å². The summed E-state index contributed by atoms with van der Waals surface area (Å²) in [7, 11) is 0. The van der Waals surface area contributed by atoms with Gasteiger partial charge in [-0.25, -0.2) is 4.98 Å². The zero-order valence-electron chi connectivity index (χ0n) is 16.3. The number of carbonyl (C=O) groups is 1. The highest BCUT2D eigenvalue weighted by Gasteiger charge is 2.33. The molecular formula is C21H24N6O. The zero-order valence-corrected chi connectivity index (χ0v) is 16.3. The minimum Gasteiger partial charge on any atom is -0.356 e. The Morgan fingerprint density at radius 2 is 1.89 bits per heavy atom. The molecule has 0 aliphatic carbocycles. The molecule has 7 heteroatoms. The van der Waals surface area contributed by atoms with E-state index in [1.807, 2.05) is 22.4 Å². The fraction of sp³-hybridized carbons (Fsp3) is 0.429. The largest absolute Gasteiger partial charge is 0.356 e. The Morgan fingerprint density at radius 1 is 1.11 bits per heavy atom. The number of carbonyl (C=O) groups excluding carboxylic acids is 1. The number of piperidine rings is 1. The summed E-state index contributed by atoms with van der Waals surface area (Å²) < 4.78 is 1.82. The van der Waals surface area contributed by atoms with Gasteiger partial charge in [-0.15, -0.1) is 0 Å². The summed E-state index contributed by atoms with van der Waals surface area (Å²) in [4.78, 5) is 26.2. The quantitative estimate of drug-likeness (QED) is 0.688. The third kappa shape index (κ3) is 2.65. The molecule has 1 fully saturated rings. The fourth-order valence-electron chi connectivity index (χ4n) is 4.51. The van der Waals surface area contributed by atoms with E-state index in [2.05, 4.69) is 45.1 Å². The first-order chi connectivity index (χ1) is 13.6. The molecule has 0 spiro atoms. The molecule has 1 saturated heterocycles. The van der Waals surface area contributed by atoms with Gasteiger partial charge in [0.05, 0.1) is 0 Å². The molecule has 7 nitrogen and oxygen atoms in total. The van der Waals surface area contributed by atoms with E-state index in [1.54, 1.807) is 6.33 Å². The van der Waals surface area contributed by atoms with E-state index in [4.69, 9.17) is 0 Å². The Bertz CT molecular complexity index is 1050. The zero-order chi connectivity index (χ0) is 19.3. The number of anilines is 2. The fourth-order valence-corrected chi connectivity index (χ4v) is 4.51. The SMILES string of the molecule is Cc1nc2ncnn2c(N2CCC(C(=O)N3CCc4ccccc43)CC2)c1C. The van der Waals surface area contributed by atoms with Gasteiger partial charge in [0, 0.05) is 42.5 Å². The topological polar surface area (TPSA) is 66.6 Å². The predicted octanol–water partition coefficient (Wildman–Crippen LogP) is 2.55. The molecule has 2 aliphatic heterocycles. The van der Waals surface area contributed by atoms with Gasteiger partial charge >= 0.3 is 0 Å². The lowest BCUT2D eigenvalue weighted by Gasteiger charge is -2.35. The van der Waals surface area contributed by atoms with Crippen molar-refractivity contribution in [1.82, 2.24) is 19.6 Å². The smallest absolute Gasteiger partial charge is 0.254 e. The monoisotopic (exact) mass is 376 g/mol. The number of benzene rings is 1. The molecule has 4 heterocycles. The van der Waals surface area contributed by atoms with Crippen LogP contribution in [0, 0.1) is 19.8 Å². The summed E-state index contributed by atoms with van der Waals surface area (Å²) in [5, 5.41) is 4.36. The molecule has 2 aromatic heterocycles. The van der Waals surface area contributed by atoms with Crippen molar-refractivity contribution in [3.63, 3.8) is 0 Å². The molecule has 5 rings (SSSR count). The van der Waals surface area contributed by atoms with E-state index in [9.17, 15) is 4.79 Å². The van der Waals surface area contributed by atoms with Crippen LogP contribution >= 0.6 is 0 Å². The minimum atomic E-state index is 0.0804. The summed E-state index contributed by atoms with van der Waals surface area (Å²) >= 11 is 0. The van der Waals surface area contributed by atoms with E-state index in [0.717, 1.165) is 61.7 Å². The molecule has 1 aromatic carbocycles. The molecule has 0 atom stereocenters. The first-order valence-electron chi connectivity index (χ1n) is 9.94. The maximum atomic E-state index is 13.2. The van der Waals surface area contributed by atoms with Crippen molar-refractivity contribution in [3.8, 4) is 0 Å². The lowest BCUT2D eigenvalue weighted by molar-refractivity contribution is -0.122. The average molecular weight is 376 g/mol. The summed E-state index contributed by atoms with van der Waals surface area (Å²) in [6, 6.07) is 8.27. The first kappa shape index (κ1) is 17.2. The number of amides is 1. The molecule has 1 amide bonds. The van der Waals surface area contributed by atoms with Gasteiger partial charge in [0.15, 0.2) is 0 Å². The van der Waals surface area contributed by atoms with Crippen LogP contribution in [0.4, 0.5) is 11.5 Å². The van der Waals surface area contributed by atoms with Crippen LogP contribution in [0.5, 0.6) is 0 Å². The molecule has 144 valence electrons. The maximum absolute atomic E-state index is 13.2. The van der Waals surface area contributed by atoms with Gasteiger partial charge in [-0.2, -0.15) is 14.6 Å². The van der Waals surface area contributed by atoms with E-state index < -0.39 is 0 Å². The third-order valence-corrected chi connectivity index (χ3v) is 6.17. The van der Waals surface area contributed by atoms with Gasteiger partial charge in [0.2, 0.25) is 5.91 Å². The van der Waals surface area contributed by atoms with Crippen molar-refractivity contribution in [2.75, 3.05) is 29.4 Å². The normalized spacial score (nSPS) is 17.4. The van der Waals surface area contributed by atoms with Crippen LogP contribution in [-0.4, -0.2) is 45.1 Å². The first-order valence-corrected chi connectivity index (χ1v) is 9.94. The summed E-state index contributed by atoms with van der Waals surface area (Å²) in [6.07, 6.45) is 4.22. The number of hydrogen-bond donors (Lipinski definition) is 0. The lowest BCUT2D eigenvalue weighted by Crippen LogP contribution is -2.43. The number of rotatable bonds is 2. The van der Waals surface area contributed by atoms with Crippen LogP contribution < -0.4 is 9.80 Å². The standard InChI is InChI=1S/C21H24N6O/c1-14-15(2)24-21-22-13-23-27(21)19(14)25-10-7-17(8-11-25)20(28)26-12-9-16-5-3-4-6-18(16)26/h3-6,13,17H,7-12H2,1-2H3. The molecule has 3 aromatic rings. The summed E-state index contributed by atoms with van der Waals surface area (Å²) in [5.41, 5.74) is 4.48. The highest BCUT2D eigenvalue weighted by Crippen LogP contribution is 2.32. The predicted molar refractivity (Wildman–Crippen MR) is 108 cm³/mol. The molecule has 0 saturated carbocycles. The molecule has 0 radical (unpaired) electrons. The summed E-state index contributed by atoms with van der Waals surface area (Å²) in [6.45, 7) is 6.57. The summed E-state index contributed by atoms with van der Waals surface area (Å²) in [5.74, 6) is 2.04. The third-order valence-electron chi connectivity index (χ3n) is 6.17. The van der Waals surface area contributed by atoms with Crippen LogP contribution in [0.25, 0.3) is 5.78 Å². The second-order valence-electron chi connectivity index (χ2n) is 7.75. The molecule has 28 heavy (non-hydrogen) atoms. The number of nitrogens with zero attached hydrogens (tertiary/aromatic N) is 6. The highest BCUT2D eigenvalue weighted by molar-refractivity contribution is 5.97. The van der Waals surface area contributed by atoms with Crippen LogP contribution in [0.2, 0.25) is 0 Å². The van der Waals surface area contributed by atoms with Crippen LogP contribution in [0.3, 0.4) is 0 Å². The molecule has 0 N–H and O–H groups in total. The number of para-hydroxylation sites is 1. The van der Waals surface area contributed by atoms with Crippen LogP contribution in [0.1, 0.15) is 29.7 Å². The number of fused-ring (bicyclic) bond motifs is 2. The lowest BCUT2D eigenvalue weighted by atomic mass is 9.95. The molecular weight excluding hydrogens is 352 g/mol. The van der Waals surface area contributed by atoms with Crippen molar-refractivity contribution in [3.05, 3.63) is 47.4 Å². The Morgan fingerprint density at radius 3 is 2.71 bits per heavy atom. The second kappa shape index (κ2) is 6.58. The van der Waals surface area contributed by atoms with Crippen molar-refractivity contribution in [1.29, 1.82) is 0 Å². The minimum absolute atomic E-state index is 0.0804. The second-order valence-corrected chi connectivity index (χ2v) is 7.75. The number of aryl methyl sites for hydroxylation is 1. The highest BCUT2D eigenvalue weighted by atomic mass is 16.2. The Kier molecular flexibility index (Phi) is 4.03. The van der Waals surface area contributed by atoms with Crippen LogP contribution in [-0.2, 0) is 11.2 Å². The van der Waals surface area contributed by atoms with E-state index >= 15 is 0 Å². The van der Waals surface area contributed by atoms with Gasteiger partial charge in [-0.3, -0.25) is 4.79 Å². The van der Waals surface area contributed by atoms with E-state index in [1.165, 1.54) is 5.56 Å².